The lowest BCUT2D eigenvalue weighted by atomic mass is 9.81. The topological polar surface area (TPSA) is 103 Å². The Bertz CT molecular complexity index is 1120. The van der Waals surface area contributed by atoms with E-state index in [-0.39, 0.29) is 24.1 Å². The second-order valence-corrected chi connectivity index (χ2v) is 9.33. The highest BCUT2D eigenvalue weighted by Crippen LogP contribution is 2.30. The van der Waals surface area contributed by atoms with Gasteiger partial charge in [-0.1, -0.05) is 41.9 Å². The highest BCUT2D eigenvalue weighted by Gasteiger charge is 2.49. The number of piperidine rings is 1. The molecular weight excluding hydrogens is 442 g/mol. The van der Waals surface area contributed by atoms with Crippen molar-refractivity contribution < 1.29 is 14.4 Å². The third kappa shape index (κ3) is 4.34. The van der Waals surface area contributed by atoms with E-state index in [4.69, 9.17) is 11.6 Å². The number of anilines is 1. The number of halogens is 1. The lowest BCUT2D eigenvalue weighted by Gasteiger charge is -2.47. The number of hydrogen-bond donors (Lipinski definition) is 4. The van der Waals surface area contributed by atoms with Crippen LogP contribution >= 0.6 is 11.6 Å². The molecule has 0 radical (unpaired) electrons. The van der Waals surface area contributed by atoms with E-state index in [1.165, 1.54) is 11.1 Å². The van der Waals surface area contributed by atoms with Gasteiger partial charge in [-0.2, -0.15) is 0 Å². The van der Waals surface area contributed by atoms with Gasteiger partial charge in [0.05, 0.1) is 18.0 Å². The van der Waals surface area contributed by atoms with Crippen LogP contribution in [0.15, 0.2) is 42.5 Å². The van der Waals surface area contributed by atoms with Crippen molar-refractivity contribution in [3.05, 3.63) is 64.2 Å². The van der Waals surface area contributed by atoms with Crippen LogP contribution in [0.2, 0.25) is 5.02 Å². The maximum atomic E-state index is 13.2. The lowest BCUT2D eigenvalue weighted by molar-refractivity contribution is -0.147. The minimum absolute atomic E-state index is 0.0521. The van der Waals surface area contributed by atoms with E-state index in [2.05, 4.69) is 38.3 Å². The quantitative estimate of drug-likeness (QED) is 0.550. The molecule has 3 aliphatic rings. The highest BCUT2D eigenvalue weighted by molar-refractivity contribution is 6.31. The van der Waals surface area contributed by atoms with Crippen LogP contribution < -0.4 is 21.3 Å². The Morgan fingerprint density at radius 3 is 2.73 bits per heavy atom. The van der Waals surface area contributed by atoms with Crippen molar-refractivity contribution in [2.24, 2.45) is 11.8 Å². The van der Waals surface area contributed by atoms with Crippen LogP contribution in [0.4, 0.5) is 5.69 Å². The highest BCUT2D eigenvalue weighted by atomic mass is 35.5. The first-order chi connectivity index (χ1) is 15.9. The molecule has 2 saturated heterocycles. The number of aryl methyl sites for hydroxylation is 1. The van der Waals surface area contributed by atoms with E-state index in [9.17, 15) is 14.4 Å². The Labute approximate surface area is 197 Å². The fourth-order valence-corrected chi connectivity index (χ4v) is 5.12. The molecule has 0 spiro atoms. The monoisotopic (exact) mass is 467 g/mol. The van der Waals surface area contributed by atoms with Crippen molar-refractivity contribution in [2.75, 3.05) is 11.9 Å². The van der Waals surface area contributed by atoms with Gasteiger partial charge in [-0.15, -0.1) is 0 Å². The van der Waals surface area contributed by atoms with Crippen LogP contribution in [-0.2, 0) is 27.3 Å². The minimum Gasteiger partial charge on any atom is -0.340 e. The van der Waals surface area contributed by atoms with Crippen LogP contribution in [0.1, 0.15) is 23.1 Å². The van der Waals surface area contributed by atoms with Crippen LogP contribution in [0, 0.1) is 18.8 Å². The average molecular weight is 468 g/mol. The van der Waals surface area contributed by atoms with E-state index in [1.807, 2.05) is 25.1 Å². The summed E-state index contributed by atoms with van der Waals surface area (Å²) >= 11 is 6.07. The summed E-state index contributed by atoms with van der Waals surface area (Å²) in [6, 6.07) is 13.5. The predicted octanol–water partition coefficient (Wildman–Crippen LogP) is 1.73. The van der Waals surface area contributed by atoms with Crippen LogP contribution in [0.5, 0.6) is 0 Å². The first-order valence-corrected chi connectivity index (χ1v) is 11.5. The zero-order valence-electron chi connectivity index (χ0n) is 18.2. The standard InChI is InChI=1S/C24H26ClN5O3/c1-13-6-7-16(25)10-18(13)26-22(32)17-11-19(31)27-21-20(17)23(33)29-24(28-21)30-9-8-14-4-2-3-5-15(14)12-30/h2-7,10,17,20-21,24,28H,8-9,11-12H2,1H3,(H,26,32)(H,27,31)(H,29,33). The number of rotatable bonds is 3. The molecule has 0 saturated carbocycles. The summed E-state index contributed by atoms with van der Waals surface area (Å²) in [6.45, 7) is 3.33. The molecule has 9 heteroatoms. The maximum Gasteiger partial charge on any atom is 0.229 e. The van der Waals surface area contributed by atoms with E-state index in [0.717, 1.165) is 18.5 Å². The maximum absolute atomic E-state index is 13.2. The largest absolute Gasteiger partial charge is 0.340 e. The number of carbonyl (C=O) groups is 3. The molecule has 0 bridgehead atoms. The Balaban J connectivity index is 1.32. The van der Waals surface area contributed by atoms with E-state index < -0.39 is 24.3 Å². The molecule has 3 aliphatic heterocycles. The Morgan fingerprint density at radius 2 is 1.91 bits per heavy atom. The normalized spacial score (nSPS) is 27.1. The predicted molar refractivity (Wildman–Crippen MR) is 124 cm³/mol. The first kappa shape index (κ1) is 21.9. The van der Waals surface area contributed by atoms with Crippen molar-refractivity contribution in [3.63, 3.8) is 0 Å². The van der Waals surface area contributed by atoms with E-state index in [0.29, 0.717) is 17.3 Å². The molecule has 4 N–H and O–H groups in total. The van der Waals surface area contributed by atoms with Crippen molar-refractivity contribution in [2.45, 2.75) is 38.8 Å². The van der Waals surface area contributed by atoms with Gasteiger partial charge < -0.3 is 16.0 Å². The zero-order valence-corrected chi connectivity index (χ0v) is 19.0. The second kappa shape index (κ2) is 8.78. The molecule has 33 heavy (non-hydrogen) atoms. The van der Waals surface area contributed by atoms with E-state index >= 15 is 0 Å². The number of carbonyl (C=O) groups excluding carboxylic acids is 3. The number of fused-ring (bicyclic) bond motifs is 2. The second-order valence-electron chi connectivity index (χ2n) is 8.90. The molecule has 0 aliphatic carbocycles. The van der Waals surface area contributed by atoms with Gasteiger partial charge in [0, 0.05) is 30.2 Å². The zero-order chi connectivity index (χ0) is 23.1. The molecule has 2 aromatic carbocycles. The molecule has 8 nitrogen and oxygen atoms in total. The van der Waals surface area contributed by atoms with Crippen molar-refractivity contribution in [3.8, 4) is 0 Å². The number of nitrogens with zero attached hydrogens (tertiary/aromatic N) is 1. The first-order valence-electron chi connectivity index (χ1n) is 11.1. The van der Waals surface area contributed by atoms with Gasteiger partial charge in [0.25, 0.3) is 0 Å². The van der Waals surface area contributed by atoms with Crippen LogP contribution in [0.3, 0.4) is 0 Å². The van der Waals surface area contributed by atoms with Gasteiger partial charge in [0.1, 0.15) is 6.29 Å². The van der Waals surface area contributed by atoms with Gasteiger partial charge in [-0.05, 0) is 42.2 Å². The van der Waals surface area contributed by atoms with Crippen molar-refractivity contribution >= 4 is 35.0 Å². The van der Waals surface area contributed by atoms with Gasteiger partial charge in [0.2, 0.25) is 17.7 Å². The van der Waals surface area contributed by atoms with Crippen molar-refractivity contribution in [1.29, 1.82) is 0 Å². The molecule has 2 fully saturated rings. The average Bonchev–Trinajstić information content (AvgIpc) is 2.80. The third-order valence-electron chi connectivity index (χ3n) is 6.75. The molecule has 5 rings (SSSR count). The third-order valence-corrected chi connectivity index (χ3v) is 6.99. The lowest BCUT2D eigenvalue weighted by Crippen LogP contribution is -2.74. The molecule has 4 atom stereocenters. The molecule has 3 heterocycles. The number of benzene rings is 2. The summed E-state index contributed by atoms with van der Waals surface area (Å²) in [5.74, 6) is -2.38. The van der Waals surface area contributed by atoms with E-state index in [1.54, 1.807) is 12.1 Å². The summed E-state index contributed by atoms with van der Waals surface area (Å²) in [6.07, 6.45) is -0.221. The SMILES string of the molecule is Cc1ccc(Cl)cc1NC(=O)C1CC(=O)NC2NC(N3CCc4ccccc4C3)NC(=O)C21. The van der Waals surface area contributed by atoms with Crippen LogP contribution in [-0.4, -0.2) is 41.6 Å². The molecule has 2 aromatic rings. The Kier molecular flexibility index (Phi) is 5.82. The molecule has 0 aromatic heterocycles. The molecule has 4 unspecified atom stereocenters. The number of nitrogens with one attached hydrogen (secondary N) is 4. The smallest absolute Gasteiger partial charge is 0.229 e. The fourth-order valence-electron chi connectivity index (χ4n) is 4.95. The number of hydrogen-bond acceptors (Lipinski definition) is 5. The summed E-state index contributed by atoms with van der Waals surface area (Å²) < 4.78 is 0. The summed E-state index contributed by atoms with van der Waals surface area (Å²) in [4.78, 5) is 40.9. The Hall–Kier alpha value is -2.94. The van der Waals surface area contributed by atoms with Gasteiger partial charge >= 0.3 is 0 Å². The molecule has 3 amide bonds. The van der Waals surface area contributed by atoms with Gasteiger partial charge in [-0.3, -0.25) is 24.6 Å². The van der Waals surface area contributed by atoms with Crippen LogP contribution in [0.25, 0.3) is 0 Å². The summed E-state index contributed by atoms with van der Waals surface area (Å²) in [5, 5.41) is 12.6. The fraction of sp³-hybridized carbons (Fsp3) is 0.375. The summed E-state index contributed by atoms with van der Waals surface area (Å²) in [7, 11) is 0. The van der Waals surface area contributed by atoms with Gasteiger partial charge in [-0.25, -0.2) is 0 Å². The molecule has 172 valence electrons. The summed E-state index contributed by atoms with van der Waals surface area (Å²) in [5.41, 5.74) is 3.96. The minimum atomic E-state index is -0.794. The van der Waals surface area contributed by atoms with Crippen molar-refractivity contribution in [1.82, 2.24) is 20.9 Å². The number of amides is 3. The molecular formula is C24H26ClN5O3. The Morgan fingerprint density at radius 1 is 1.12 bits per heavy atom. The van der Waals surface area contributed by atoms with Gasteiger partial charge in [0.15, 0.2) is 0 Å².